The third-order valence-electron chi connectivity index (χ3n) is 5.24. The second kappa shape index (κ2) is 11.3. The van der Waals surface area contributed by atoms with Crippen LogP contribution in [0.15, 0.2) is 49.2 Å². The molecule has 0 aliphatic rings. The second-order valence-corrected chi connectivity index (χ2v) is 7.88. The minimum atomic E-state index is -4.80. The lowest BCUT2D eigenvalue weighted by Gasteiger charge is -2.08. The van der Waals surface area contributed by atoms with Crippen LogP contribution in [0.5, 0.6) is 0 Å². The van der Waals surface area contributed by atoms with Crippen molar-refractivity contribution in [2.45, 2.75) is 25.7 Å². The zero-order valence-corrected chi connectivity index (χ0v) is 19.7. The number of primary amides is 1. The van der Waals surface area contributed by atoms with Gasteiger partial charge in [0.15, 0.2) is 22.8 Å². The summed E-state index contributed by atoms with van der Waals surface area (Å²) in [6.07, 6.45) is 0.109. The Bertz CT molecular complexity index is 1550. The fourth-order valence-electron chi connectivity index (χ4n) is 3.50. The Balaban J connectivity index is 0.000000178. The van der Waals surface area contributed by atoms with Crippen LogP contribution in [0.1, 0.15) is 22.7 Å². The van der Waals surface area contributed by atoms with E-state index in [0.717, 1.165) is 16.7 Å². The molecule has 0 aliphatic carbocycles. The molecule has 0 saturated heterocycles. The molecule has 0 atom stereocenters. The maximum Gasteiger partial charge on any atom is 0.451 e. The number of nitrogens with zero attached hydrogens (tertiary/aromatic N) is 8. The molecule has 12 nitrogen and oxygen atoms in total. The van der Waals surface area contributed by atoms with Gasteiger partial charge in [-0.3, -0.25) is 4.79 Å². The lowest BCUT2D eigenvalue weighted by atomic mass is 10.2. The molecule has 0 bridgehead atoms. The molecule has 1 amide bonds. The highest BCUT2D eigenvalue weighted by molar-refractivity contribution is 6.01. The molecule has 38 heavy (non-hydrogen) atoms. The van der Waals surface area contributed by atoms with Gasteiger partial charge < -0.3 is 25.1 Å². The molecule has 0 aliphatic heterocycles. The van der Waals surface area contributed by atoms with E-state index in [-0.39, 0.29) is 30.9 Å². The number of aliphatic hydroxyl groups is 2. The number of aromatic nitrogens is 8. The molecule has 0 spiro atoms. The number of carbonyl (C=O) groups excluding carboxylic acids is 1. The largest absolute Gasteiger partial charge is 0.451 e. The standard InChI is InChI=1S/C13H12N4O.C10H10F3N5O2/c18-7-6-17-9-15-11-8-14-12(16-13(11)17)10-4-2-1-3-5-10;11-10(12,13)9-16-5(7(14)20)6-8(17-9)18(4-15-6)2-1-3-19/h1-5,8-9,18H,6-7H2;4,19H,1-3H2,(H2,14,20). The molecule has 15 heteroatoms. The Morgan fingerprint density at radius 1 is 0.895 bits per heavy atom. The minimum absolute atomic E-state index is 0.0656. The van der Waals surface area contributed by atoms with Gasteiger partial charge >= 0.3 is 6.18 Å². The number of aliphatic hydroxyl groups excluding tert-OH is 2. The number of fused-ring (bicyclic) bond motifs is 2. The number of alkyl halides is 3. The van der Waals surface area contributed by atoms with Crippen LogP contribution in [0, 0.1) is 0 Å². The Kier molecular flexibility index (Phi) is 7.87. The average Bonchev–Trinajstić information content (AvgIpc) is 3.51. The van der Waals surface area contributed by atoms with Gasteiger partial charge in [-0.15, -0.1) is 0 Å². The molecule has 0 radical (unpaired) electrons. The summed E-state index contributed by atoms with van der Waals surface area (Å²) >= 11 is 0. The smallest absolute Gasteiger partial charge is 0.396 e. The number of halogens is 3. The quantitative estimate of drug-likeness (QED) is 0.284. The molecule has 0 saturated carbocycles. The average molecular weight is 529 g/mol. The predicted octanol–water partition coefficient (Wildman–Crippen LogP) is 1.81. The van der Waals surface area contributed by atoms with Gasteiger partial charge in [0.1, 0.15) is 11.0 Å². The third kappa shape index (κ3) is 5.73. The topological polar surface area (TPSA) is 171 Å². The number of imidazole rings is 2. The fourth-order valence-corrected chi connectivity index (χ4v) is 3.50. The van der Waals surface area contributed by atoms with Gasteiger partial charge in [0, 0.05) is 25.3 Å². The van der Waals surface area contributed by atoms with Crippen molar-refractivity contribution in [2.75, 3.05) is 13.2 Å². The Hall–Kier alpha value is -4.50. The van der Waals surface area contributed by atoms with Crippen LogP contribution < -0.4 is 5.73 Å². The zero-order valence-electron chi connectivity index (χ0n) is 19.7. The summed E-state index contributed by atoms with van der Waals surface area (Å²) in [6, 6.07) is 9.79. The fraction of sp³-hybridized carbons (Fsp3) is 0.261. The molecule has 4 aromatic heterocycles. The van der Waals surface area contributed by atoms with E-state index in [1.165, 1.54) is 10.9 Å². The first-order chi connectivity index (χ1) is 18.2. The van der Waals surface area contributed by atoms with Crippen LogP contribution in [0.25, 0.3) is 33.7 Å². The number of benzene rings is 1. The number of amides is 1. The second-order valence-electron chi connectivity index (χ2n) is 7.88. The molecular formula is C23H22F3N9O3. The molecule has 0 fully saturated rings. The van der Waals surface area contributed by atoms with Crippen molar-refractivity contribution in [3.8, 4) is 11.4 Å². The van der Waals surface area contributed by atoms with E-state index >= 15 is 0 Å². The first-order valence-electron chi connectivity index (χ1n) is 11.3. The van der Waals surface area contributed by atoms with E-state index in [1.54, 1.807) is 12.5 Å². The molecule has 1 aromatic carbocycles. The van der Waals surface area contributed by atoms with E-state index in [9.17, 15) is 18.0 Å². The molecule has 4 heterocycles. The number of nitrogens with two attached hydrogens (primary N) is 1. The van der Waals surface area contributed by atoms with Crippen LogP contribution in [0.3, 0.4) is 0 Å². The highest BCUT2D eigenvalue weighted by Gasteiger charge is 2.36. The SMILES string of the molecule is NC(=O)c1nc(C(F)(F)F)nc2c1ncn2CCCO.OCCn1cnc2cnc(-c3ccccc3)nc21. The van der Waals surface area contributed by atoms with Gasteiger partial charge in [-0.25, -0.2) is 29.9 Å². The zero-order chi connectivity index (χ0) is 27.3. The van der Waals surface area contributed by atoms with Crippen molar-refractivity contribution >= 4 is 28.2 Å². The van der Waals surface area contributed by atoms with Gasteiger partial charge in [-0.05, 0) is 6.42 Å². The van der Waals surface area contributed by atoms with E-state index in [2.05, 4.69) is 29.9 Å². The van der Waals surface area contributed by atoms with Crippen LogP contribution >= 0.6 is 0 Å². The lowest BCUT2D eigenvalue weighted by Crippen LogP contribution is -2.20. The van der Waals surface area contributed by atoms with Crippen LogP contribution in [0.4, 0.5) is 13.2 Å². The van der Waals surface area contributed by atoms with Crippen molar-refractivity contribution in [3.05, 3.63) is 60.7 Å². The summed E-state index contributed by atoms with van der Waals surface area (Å²) < 4.78 is 41.2. The summed E-state index contributed by atoms with van der Waals surface area (Å²) in [5.41, 5.74) is 6.65. The molecule has 5 aromatic rings. The molecule has 4 N–H and O–H groups in total. The van der Waals surface area contributed by atoms with Crippen molar-refractivity contribution in [1.82, 2.24) is 39.0 Å². The predicted molar refractivity (Wildman–Crippen MR) is 128 cm³/mol. The first-order valence-corrected chi connectivity index (χ1v) is 11.3. The Labute approximate surface area is 212 Å². The van der Waals surface area contributed by atoms with Crippen LogP contribution in [-0.4, -0.2) is 68.4 Å². The van der Waals surface area contributed by atoms with Crippen molar-refractivity contribution in [2.24, 2.45) is 5.73 Å². The van der Waals surface area contributed by atoms with Crippen LogP contribution in [-0.2, 0) is 19.3 Å². The first kappa shape index (κ1) is 26.6. The molecule has 5 rings (SSSR count). The van der Waals surface area contributed by atoms with E-state index in [0.29, 0.717) is 18.8 Å². The number of hydrogen-bond acceptors (Lipinski definition) is 9. The van der Waals surface area contributed by atoms with Gasteiger partial charge in [0.2, 0.25) is 5.82 Å². The van der Waals surface area contributed by atoms with E-state index < -0.39 is 23.6 Å². The normalized spacial score (nSPS) is 11.5. The minimum Gasteiger partial charge on any atom is -0.396 e. The molecule has 198 valence electrons. The van der Waals surface area contributed by atoms with Gasteiger partial charge in [0.25, 0.3) is 5.91 Å². The maximum atomic E-state index is 12.7. The summed E-state index contributed by atoms with van der Waals surface area (Å²) in [4.78, 5) is 34.5. The number of aryl methyl sites for hydroxylation is 1. The van der Waals surface area contributed by atoms with Crippen molar-refractivity contribution in [1.29, 1.82) is 0 Å². The third-order valence-corrected chi connectivity index (χ3v) is 5.24. The Morgan fingerprint density at radius 2 is 1.61 bits per heavy atom. The van der Waals surface area contributed by atoms with Crippen LogP contribution in [0.2, 0.25) is 0 Å². The van der Waals surface area contributed by atoms with Gasteiger partial charge in [0.05, 0.1) is 25.5 Å². The lowest BCUT2D eigenvalue weighted by molar-refractivity contribution is -0.144. The van der Waals surface area contributed by atoms with Gasteiger partial charge in [-0.2, -0.15) is 13.2 Å². The summed E-state index contributed by atoms with van der Waals surface area (Å²) in [5, 5.41) is 17.7. The highest BCUT2D eigenvalue weighted by Crippen LogP contribution is 2.28. The van der Waals surface area contributed by atoms with E-state index in [4.69, 9.17) is 15.9 Å². The Morgan fingerprint density at radius 3 is 2.26 bits per heavy atom. The van der Waals surface area contributed by atoms with Crippen molar-refractivity contribution in [3.63, 3.8) is 0 Å². The van der Waals surface area contributed by atoms with Gasteiger partial charge in [-0.1, -0.05) is 30.3 Å². The number of rotatable bonds is 7. The van der Waals surface area contributed by atoms with E-state index in [1.807, 2.05) is 34.9 Å². The summed E-state index contributed by atoms with van der Waals surface area (Å²) in [6.45, 7) is 0.622. The molecule has 0 unspecified atom stereocenters. The number of carbonyl (C=O) groups is 1. The number of hydrogen-bond donors (Lipinski definition) is 3. The summed E-state index contributed by atoms with van der Waals surface area (Å²) in [5.74, 6) is -1.90. The highest BCUT2D eigenvalue weighted by atomic mass is 19.4. The summed E-state index contributed by atoms with van der Waals surface area (Å²) in [7, 11) is 0. The maximum absolute atomic E-state index is 12.7. The van der Waals surface area contributed by atoms with Crippen molar-refractivity contribution < 1.29 is 28.2 Å². The monoisotopic (exact) mass is 529 g/mol. The molecular weight excluding hydrogens is 507 g/mol.